The second-order valence-electron chi connectivity index (χ2n) is 5.07. The van der Waals surface area contributed by atoms with E-state index in [-0.39, 0.29) is 22.0 Å². The van der Waals surface area contributed by atoms with Crippen molar-refractivity contribution in [2.24, 2.45) is 11.1 Å². The first-order valence-corrected chi connectivity index (χ1v) is 7.00. The predicted molar refractivity (Wildman–Crippen MR) is 76.1 cm³/mol. The van der Waals surface area contributed by atoms with Crippen LogP contribution in [-0.4, -0.2) is 17.9 Å². The molecule has 0 radical (unpaired) electrons. The molecule has 2 N–H and O–H groups in total. The van der Waals surface area contributed by atoms with Crippen LogP contribution in [0, 0.1) is 5.41 Å². The summed E-state index contributed by atoms with van der Waals surface area (Å²) in [6, 6.07) is 3.94. The highest BCUT2D eigenvalue weighted by atomic mass is 79.9. The van der Waals surface area contributed by atoms with Gasteiger partial charge in [-0.3, -0.25) is 9.59 Å². The predicted octanol–water partition coefficient (Wildman–Crippen LogP) is 4.10. The number of primary amides is 1. The zero-order valence-electron chi connectivity index (χ0n) is 11.6. The number of benzene rings is 1. The van der Waals surface area contributed by atoms with E-state index in [2.05, 4.69) is 15.9 Å². The maximum Gasteiger partial charge on any atom is 0.394 e. The van der Waals surface area contributed by atoms with Crippen molar-refractivity contribution >= 4 is 27.6 Å². The quantitative estimate of drug-likeness (QED) is 0.798. The van der Waals surface area contributed by atoms with Crippen LogP contribution in [0.2, 0.25) is 0 Å². The molecule has 0 aromatic heterocycles. The standard InChI is InChI=1S/C14H15BrF3NO2/c1-3-13(2,14(16,17)18)7-11(20)8-4-5-9(12(19)21)10(15)6-8/h4-6H,3,7H2,1-2H3,(H2,19,21). The van der Waals surface area contributed by atoms with Crippen molar-refractivity contribution in [2.75, 3.05) is 0 Å². The van der Waals surface area contributed by atoms with E-state index in [1.807, 2.05) is 0 Å². The molecule has 0 aliphatic carbocycles. The molecule has 1 aromatic rings. The van der Waals surface area contributed by atoms with Gasteiger partial charge in [0, 0.05) is 16.5 Å². The number of carbonyl (C=O) groups excluding carboxylic acids is 2. The topological polar surface area (TPSA) is 60.2 Å². The normalized spacial score (nSPS) is 14.6. The zero-order valence-corrected chi connectivity index (χ0v) is 13.1. The Bertz CT molecular complexity index is 572. The summed E-state index contributed by atoms with van der Waals surface area (Å²) in [5.41, 5.74) is 3.32. The number of hydrogen-bond donors (Lipinski definition) is 1. The maximum atomic E-state index is 13.0. The Morgan fingerprint density at radius 1 is 1.29 bits per heavy atom. The van der Waals surface area contributed by atoms with Crippen LogP contribution in [-0.2, 0) is 0 Å². The van der Waals surface area contributed by atoms with Crippen molar-refractivity contribution in [3.05, 3.63) is 33.8 Å². The van der Waals surface area contributed by atoms with Crippen LogP contribution in [0.4, 0.5) is 13.2 Å². The van der Waals surface area contributed by atoms with Gasteiger partial charge in [0.1, 0.15) is 0 Å². The molecule has 0 spiro atoms. The lowest BCUT2D eigenvalue weighted by atomic mass is 9.80. The first-order chi connectivity index (χ1) is 9.51. The van der Waals surface area contributed by atoms with Crippen molar-refractivity contribution in [3.63, 3.8) is 0 Å². The molecule has 0 saturated heterocycles. The van der Waals surface area contributed by atoms with Crippen molar-refractivity contribution in [1.29, 1.82) is 0 Å². The van der Waals surface area contributed by atoms with Gasteiger partial charge in [-0.05, 0) is 34.5 Å². The van der Waals surface area contributed by atoms with E-state index in [9.17, 15) is 22.8 Å². The lowest BCUT2D eigenvalue weighted by Crippen LogP contribution is -2.36. The van der Waals surface area contributed by atoms with Crippen molar-refractivity contribution in [2.45, 2.75) is 32.9 Å². The SMILES string of the molecule is CCC(C)(CC(=O)c1ccc(C(N)=O)c(Br)c1)C(F)(F)F. The van der Waals surface area contributed by atoms with Gasteiger partial charge in [0.15, 0.2) is 5.78 Å². The fourth-order valence-electron chi connectivity index (χ4n) is 1.77. The van der Waals surface area contributed by atoms with Gasteiger partial charge in [-0.25, -0.2) is 0 Å². The average Bonchev–Trinajstić information content (AvgIpc) is 2.36. The summed E-state index contributed by atoms with van der Waals surface area (Å²) >= 11 is 3.08. The molecular formula is C14H15BrF3NO2. The van der Waals surface area contributed by atoms with Crippen LogP contribution in [0.3, 0.4) is 0 Å². The Morgan fingerprint density at radius 2 is 1.86 bits per heavy atom. The number of ketones is 1. The molecule has 1 rings (SSSR count). The first-order valence-electron chi connectivity index (χ1n) is 6.21. The summed E-state index contributed by atoms with van der Waals surface area (Å²) in [6.07, 6.45) is -5.29. The number of Topliss-reactive ketones (excluding diaryl/α,β-unsaturated/α-hetero) is 1. The molecule has 1 aromatic carbocycles. The van der Waals surface area contributed by atoms with E-state index in [0.29, 0.717) is 0 Å². The van der Waals surface area contributed by atoms with Gasteiger partial charge in [0.25, 0.3) is 0 Å². The van der Waals surface area contributed by atoms with Gasteiger partial charge in [-0.1, -0.05) is 19.9 Å². The molecule has 0 heterocycles. The Labute approximate surface area is 128 Å². The molecule has 1 atom stereocenters. The van der Waals surface area contributed by atoms with Gasteiger partial charge in [0.2, 0.25) is 5.91 Å². The van der Waals surface area contributed by atoms with Crippen LogP contribution in [0.1, 0.15) is 47.4 Å². The minimum Gasteiger partial charge on any atom is -0.366 e. The van der Waals surface area contributed by atoms with Crippen molar-refractivity contribution in [1.82, 2.24) is 0 Å². The lowest BCUT2D eigenvalue weighted by Gasteiger charge is -2.30. The molecule has 0 fully saturated rings. The third-order valence-electron chi connectivity index (χ3n) is 3.57. The fraction of sp³-hybridized carbons (Fsp3) is 0.429. The van der Waals surface area contributed by atoms with Crippen molar-refractivity contribution in [3.8, 4) is 0 Å². The molecule has 3 nitrogen and oxygen atoms in total. The number of alkyl halides is 3. The molecule has 0 aliphatic heterocycles. The van der Waals surface area contributed by atoms with E-state index < -0.39 is 29.7 Å². The van der Waals surface area contributed by atoms with Crippen LogP contribution in [0.15, 0.2) is 22.7 Å². The fourth-order valence-corrected chi connectivity index (χ4v) is 2.34. The summed E-state index contributed by atoms with van der Waals surface area (Å²) in [4.78, 5) is 23.1. The van der Waals surface area contributed by atoms with E-state index in [0.717, 1.165) is 6.92 Å². The second kappa shape index (κ2) is 6.17. The van der Waals surface area contributed by atoms with E-state index >= 15 is 0 Å². The summed E-state index contributed by atoms with van der Waals surface area (Å²) in [5.74, 6) is -1.32. The van der Waals surface area contributed by atoms with Gasteiger partial charge >= 0.3 is 6.18 Å². The molecule has 7 heteroatoms. The summed E-state index contributed by atoms with van der Waals surface area (Å²) in [5, 5.41) is 0. The number of halogens is 4. The second-order valence-corrected chi connectivity index (χ2v) is 5.93. The Morgan fingerprint density at radius 3 is 2.24 bits per heavy atom. The zero-order chi connectivity index (χ0) is 16.4. The number of amides is 1. The molecule has 0 aliphatic rings. The van der Waals surface area contributed by atoms with Crippen LogP contribution in [0.5, 0.6) is 0 Å². The summed E-state index contributed by atoms with van der Waals surface area (Å²) in [7, 11) is 0. The van der Waals surface area contributed by atoms with Crippen LogP contribution >= 0.6 is 15.9 Å². The van der Waals surface area contributed by atoms with Crippen molar-refractivity contribution < 1.29 is 22.8 Å². The molecule has 0 bridgehead atoms. The minimum atomic E-state index is -4.46. The lowest BCUT2D eigenvalue weighted by molar-refractivity contribution is -0.217. The molecule has 1 amide bonds. The third kappa shape index (κ3) is 3.84. The highest BCUT2D eigenvalue weighted by Gasteiger charge is 2.50. The third-order valence-corrected chi connectivity index (χ3v) is 4.23. The highest BCUT2D eigenvalue weighted by Crippen LogP contribution is 2.44. The number of nitrogens with two attached hydrogens (primary N) is 1. The molecule has 21 heavy (non-hydrogen) atoms. The van der Waals surface area contributed by atoms with E-state index in [1.165, 1.54) is 25.1 Å². The highest BCUT2D eigenvalue weighted by molar-refractivity contribution is 9.10. The average molecular weight is 366 g/mol. The van der Waals surface area contributed by atoms with Gasteiger partial charge in [0.05, 0.1) is 11.0 Å². The maximum absolute atomic E-state index is 13.0. The Kier molecular flexibility index (Phi) is 5.20. The monoisotopic (exact) mass is 365 g/mol. The van der Waals surface area contributed by atoms with Gasteiger partial charge < -0.3 is 5.73 Å². The molecule has 1 unspecified atom stereocenters. The number of hydrogen-bond acceptors (Lipinski definition) is 2. The minimum absolute atomic E-state index is 0.107. The smallest absolute Gasteiger partial charge is 0.366 e. The number of carbonyl (C=O) groups is 2. The van der Waals surface area contributed by atoms with Crippen LogP contribution in [0.25, 0.3) is 0 Å². The van der Waals surface area contributed by atoms with Gasteiger partial charge in [-0.15, -0.1) is 0 Å². The number of rotatable bonds is 5. The summed E-state index contributed by atoms with van der Waals surface area (Å²) < 4.78 is 39.3. The van der Waals surface area contributed by atoms with Gasteiger partial charge in [-0.2, -0.15) is 13.2 Å². The molecular weight excluding hydrogens is 351 g/mol. The molecule has 0 saturated carbocycles. The largest absolute Gasteiger partial charge is 0.394 e. The first kappa shape index (κ1) is 17.7. The van der Waals surface area contributed by atoms with E-state index in [4.69, 9.17) is 5.73 Å². The Balaban J connectivity index is 3.05. The summed E-state index contributed by atoms with van der Waals surface area (Å²) in [6.45, 7) is 2.42. The Hall–Kier alpha value is -1.37. The van der Waals surface area contributed by atoms with E-state index in [1.54, 1.807) is 0 Å². The van der Waals surface area contributed by atoms with Crippen LogP contribution < -0.4 is 5.73 Å². The molecule has 116 valence electrons.